The summed E-state index contributed by atoms with van der Waals surface area (Å²) in [7, 11) is 0. The molecule has 0 bridgehead atoms. The molecule has 2 aromatic heterocycles. The van der Waals surface area contributed by atoms with Crippen LogP contribution in [0.1, 0.15) is 50.3 Å². The molecule has 1 atom stereocenters. The van der Waals surface area contributed by atoms with Crippen LogP contribution in [0, 0.1) is 5.92 Å². The molecule has 1 saturated heterocycles. The molecule has 2 fully saturated rings. The Kier molecular flexibility index (Phi) is 4.28. The van der Waals surface area contributed by atoms with Crippen molar-refractivity contribution in [1.29, 1.82) is 0 Å². The van der Waals surface area contributed by atoms with Gasteiger partial charge in [0.05, 0.1) is 5.92 Å². The van der Waals surface area contributed by atoms with Gasteiger partial charge in [0.15, 0.2) is 0 Å². The van der Waals surface area contributed by atoms with E-state index in [2.05, 4.69) is 15.2 Å². The van der Waals surface area contributed by atoms with E-state index in [0.29, 0.717) is 24.2 Å². The summed E-state index contributed by atoms with van der Waals surface area (Å²) >= 11 is 0. The van der Waals surface area contributed by atoms with Crippen molar-refractivity contribution in [3.8, 4) is 11.5 Å². The molecular weight excluding hydrogens is 304 g/mol. The van der Waals surface area contributed by atoms with Crippen molar-refractivity contribution >= 4 is 5.91 Å². The zero-order valence-electron chi connectivity index (χ0n) is 13.7. The van der Waals surface area contributed by atoms with E-state index in [1.807, 2.05) is 17.0 Å². The molecule has 0 N–H and O–H groups in total. The Morgan fingerprint density at radius 1 is 1.08 bits per heavy atom. The molecule has 0 unspecified atom stereocenters. The summed E-state index contributed by atoms with van der Waals surface area (Å²) in [6.45, 7) is 1.50. The molecule has 1 amide bonds. The van der Waals surface area contributed by atoms with Crippen LogP contribution in [0.25, 0.3) is 11.5 Å². The van der Waals surface area contributed by atoms with Crippen molar-refractivity contribution in [2.45, 2.75) is 44.4 Å². The number of carbonyl (C=O) groups is 1. The van der Waals surface area contributed by atoms with E-state index < -0.39 is 0 Å². The highest BCUT2D eigenvalue weighted by Crippen LogP contribution is 2.32. The first kappa shape index (κ1) is 15.3. The van der Waals surface area contributed by atoms with E-state index in [-0.39, 0.29) is 11.8 Å². The van der Waals surface area contributed by atoms with Gasteiger partial charge in [-0.1, -0.05) is 19.3 Å². The minimum atomic E-state index is 0.153. The number of aromatic nitrogens is 3. The minimum absolute atomic E-state index is 0.153. The second kappa shape index (κ2) is 6.71. The smallest absolute Gasteiger partial charge is 0.247 e. The number of hydrogen-bond donors (Lipinski definition) is 0. The molecule has 6 heteroatoms. The third-order valence-electron chi connectivity index (χ3n) is 5.17. The van der Waals surface area contributed by atoms with Crippen molar-refractivity contribution in [1.82, 2.24) is 20.1 Å². The van der Waals surface area contributed by atoms with Crippen LogP contribution >= 0.6 is 0 Å². The Morgan fingerprint density at radius 3 is 2.67 bits per heavy atom. The molecule has 2 aromatic rings. The third-order valence-corrected chi connectivity index (χ3v) is 5.17. The summed E-state index contributed by atoms with van der Waals surface area (Å²) in [5.41, 5.74) is 0.872. The van der Waals surface area contributed by atoms with Crippen molar-refractivity contribution in [3.63, 3.8) is 0 Å². The average Bonchev–Trinajstić information content (AvgIpc) is 3.32. The van der Waals surface area contributed by atoms with Gasteiger partial charge in [0.25, 0.3) is 0 Å². The highest BCUT2D eigenvalue weighted by atomic mass is 16.4. The van der Waals surface area contributed by atoms with Crippen LogP contribution in [0.2, 0.25) is 0 Å². The summed E-state index contributed by atoms with van der Waals surface area (Å²) in [6.07, 6.45) is 10.1. The number of hydrogen-bond acceptors (Lipinski definition) is 5. The summed E-state index contributed by atoms with van der Waals surface area (Å²) in [5.74, 6) is 1.87. The lowest BCUT2D eigenvalue weighted by atomic mass is 9.88. The third kappa shape index (κ3) is 3.05. The second-order valence-corrected chi connectivity index (χ2v) is 6.79. The van der Waals surface area contributed by atoms with Crippen molar-refractivity contribution in [2.24, 2.45) is 5.92 Å². The molecular formula is C18H22N4O2. The lowest BCUT2D eigenvalue weighted by Crippen LogP contribution is -2.35. The van der Waals surface area contributed by atoms with E-state index in [9.17, 15) is 4.79 Å². The van der Waals surface area contributed by atoms with Gasteiger partial charge < -0.3 is 9.32 Å². The molecule has 0 aromatic carbocycles. The van der Waals surface area contributed by atoms with Gasteiger partial charge in [-0.3, -0.25) is 9.78 Å². The van der Waals surface area contributed by atoms with Crippen LogP contribution in [0.5, 0.6) is 0 Å². The summed E-state index contributed by atoms with van der Waals surface area (Å²) < 4.78 is 5.84. The van der Waals surface area contributed by atoms with Gasteiger partial charge in [-0.2, -0.15) is 0 Å². The van der Waals surface area contributed by atoms with Gasteiger partial charge in [0.2, 0.25) is 17.7 Å². The zero-order valence-corrected chi connectivity index (χ0v) is 13.7. The maximum Gasteiger partial charge on any atom is 0.247 e. The molecule has 2 aliphatic rings. The highest BCUT2D eigenvalue weighted by Gasteiger charge is 2.34. The first-order valence-corrected chi connectivity index (χ1v) is 8.84. The van der Waals surface area contributed by atoms with Gasteiger partial charge in [-0.15, -0.1) is 10.2 Å². The second-order valence-electron chi connectivity index (χ2n) is 6.79. The van der Waals surface area contributed by atoms with Gasteiger partial charge in [-0.25, -0.2) is 0 Å². The molecule has 126 valence electrons. The van der Waals surface area contributed by atoms with Gasteiger partial charge in [0.1, 0.15) is 0 Å². The van der Waals surface area contributed by atoms with Crippen LogP contribution in [0.4, 0.5) is 0 Å². The normalized spacial score (nSPS) is 22.0. The Hall–Kier alpha value is -2.24. The molecule has 0 spiro atoms. The van der Waals surface area contributed by atoms with E-state index in [0.717, 1.165) is 31.4 Å². The zero-order chi connectivity index (χ0) is 16.4. The minimum Gasteiger partial charge on any atom is -0.420 e. The van der Waals surface area contributed by atoms with Gasteiger partial charge in [-0.05, 0) is 31.4 Å². The Morgan fingerprint density at radius 2 is 1.88 bits per heavy atom. The Balaban J connectivity index is 1.42. The first-order valence-electron chi connectivity index (χ1n) is 8.84. The predicted octanol–water partition coefficient (Wildman–Crippen LogP) is 3.03. The Bertz CT molecular complexity index is 694. The van der Waals surface area contributed by atoms with Crippen LogP contribution in [0.15, 0.2) is 28.9 Å². The fraction of sp³-hybridized carbons (Fsp3) is 0.556. The van der Waals surface area contributed by atoms with Gasteiger partial charge in [0, 0.05) is 37.0 Å². The van der Waals surface area contributed by atoms with Crippen LogP contribution < -0.4 is 0 Å². The molecule has 1 aliphatic carbocycles. The van der Waals surface area contributed by atoms with Gasteiger partial charge >= 0.3 is 0 Å². The van der Waals surface area contributed by atoms with Crippen LogP contribution in [-0.2, 0) is 4.79 Å². The lowest BCUT2D eigenvalue weighted by molar-refractivity contribution is -0.135. The number of likely N-dealkylation sites (tertiary alicyclic amines) is 1. The van der Waals surface area contributed by atoms with Crippen molar-refractivity contribution in [2.75, 3.05) is 13.1 Å². The fourth-order valence-corrected chi connectivity index (χ4v) is 3.78. The van der Waals surface area contributed by atoms with Crippen LogP contribution in [0.3, 0.4) is 0 Å². The molecule has 1 aliphatic heterocycles. The summed E-state index contributed by atoms with van der Waals surface area (Å²) in [5, 5.41) is 8.35. The standard InChI is InChI=1S/C18H22N4O2/c23-18(14-4-2-1-3-5-14)22-11-8-15(12-22)17-21-20-16(24-17)13-6-9-19-10-7-13/h6-7,9-10,14-15H,1-5,8,11-12H2/t15-/m0/s1. The molecule has 4 rings (SSSR count). The summed E-state index contributed by atoms with van der Waals surface area (Å²) in [4.78, 5) is 18.6. The van der Waals surface area contributed by atoms with E-state index >= 15 is 0 Å². The monoisotopic (exact) mass is 326 g/mol. The molecule has 6 nitrogen and oxygen atoms in total. The quantitative estimate of drug-likeness (QED) is 0.867. The number of rotatable bonds is 3. The number of pyridine rings is 1. The Labute approximate surface area is 141 Å². The maximum atomic E-state index is 12.7. The molecule has 24 heavy (non-hydrogen) atoms. The highest BCUT2D eigenvalue weighted by molar-refractivity contribution is 5.79. The lowest BCUT2D eigenvalue weighted by Gasteiger charge is -2.26. The largest absolute Gasteiger partial charge is 0.420 e. The number of amides is 1. The maximum absolute atomic E-state index is 12.7. The fourth-order valence-electron chi connectivity index (χ4n) is 3.78. The van der Waals surface area contributed by atoms with E-state index in [1.54, 1.807) is 12.4 Å². The van der Waals surface area contributed by atoms with Crippen molar-refractivity contribution < 1.29 is 9.21 Å². The van der Waals surface area contributed by atoms with E-state index in [4.69, 9.17) is 4.42 Å². The average molecular weight is 326 g/mol. The van der Waals surface area contributed by atoms with E-state index in [1.165, 1.54) is 19.3 Å². The molecule has 3 heterocycles. The van der Waals surface area contributed by atoms with Crippen molar-refractivity contribution in [3.05, 3.63) is 30.4 Å². The molecule has 1 saturated carbocycles. The summed E-state index contributed by atoms with van der Waals surface area (Å²) in [6, 6.07) is 3.70. The SMILES string of the molecule is O=C(C1CCCCC1)N1CC[C@H](c2nnc(-c3ccncc3)o2)C1. The topological polar surface area (TPSA) is 72.1 Å². The number of carbonyl (C=O) groups excluding carboxylic acids is 1. The molecule has 0 radical (unpaired) electrons. The first-order chi connectivity index (χ1) is 11.8. The number of nitrogens with zero attached hydrogens (tertiary/aromatic N) is 4. The predicted molar refractivity (Wildman–Crippen MR) is 88.0 cm³/mol. The van der Waals surface area contributed by atoms with Crippen LogP contribution in [-0.4, -0.2) is 39.1 Å².